The van der Waals surface area contributed by atoms with Gasteiger partial charge in [-0.1, -0.05) is 15.9 Å². The average molecular weight is 400 g/mol. The van der Waals surface area contributed by atoms with Crippen molar-refractivity contribution in [2.75, 3.05) is 17.2 Å². The van der Waals surface area contributed by atoms with E-state index < -0.39 is 0 Å². The molecule has 104 valence electrons. The highest BCUT2D eigenvalue weighted by Crippen LogP contribution is 2.26. The summed E-state index contributed by atoms with van der Waals surface area (Å²) in [5.74, 6) is 0.340. The van der Waals surface area contributed by atoms with E-state index in [0.717, 1.165) is 15.5 Å². The number of carbonyl (C=O) groups is 1. The number of carbonyl (C=O) groups excluding carboxylic acids is 1. The molecule has 0 unspecified atom stereocenters. The molecule has 0 bridgehead atoms. The van der Waals surface area contributed by atoms with Crippen LogP contribution in [-0.4, -0.2) is 22.4 Å². The first-order valence-corrected chi connectivity index (χ1v) is 7.51. The van der Waals surface area contributed by atoms with Crippen LogP contribution in [0.1, 0.15) is 17.4 Å². The predicted molar refractivity (Wildman–Crippen MR) is 86.0 cm³/mol. The number of nitrogens with zero attached hydrogens (tertiary/aromatic N) is 2. The van der Waals surface area contributed by atoms with Crippen LogP contribution < -0.4 is 10.6 Å². The molecule has 20 heavy (non-hydrogen) atoms. The summed E-state index contributed by atoms with van der Waals surface area (Å²) in [7, 11) is 0. The van der Waals surface area contributed by atoms with Gasteiger partial charge in [0.25, 0.3) is 5.91 Å². The van der Waals surface area contributed by atoms with Gasteiger partial charge in [-0.15, -0.1) is 0 Å². The van der Waals surface area contributed by atoms with E-state index in [1.54, 1.807) is 0 Å². The first-order chi connectivity index (χ1) is 9.60. The van der Waals surface area contributed by atoms with Crippen LogP contribution >= 0.6 is 31.9 Å². The smallest absolute Gasteiger partial charge is 0.275 e. The van der Waals surface area contributed by atoms with Crippen molar-refractivity contribution in [2.24, 2.45) is 0 Å². The summed E-state index contributed by atoms with van der Waals surface area (Å²) in [5, 5.41) is 5.80. The predicted octanol–water partition coefficient (Wildman–Crippen LogP) is 3.69. The lowest BCUT2D eigenvalue weighted by Crippen LogP contribution is -2.15. The van der Waals surface area contributed by atoms with Gasteiger partial charge in [-0.25, -0.2) is 9.97 Å². The fourth-order valence-corrected chi connectivity index (χ4v) is 2.20. The SMILES string of the molecule is CCNc1cnc(C(=O)Nc2cc(Br)ccc2Br)cn1. The Hall–Kier alpha value is -1.47. The molecule has 2 rings (SSSR count). The van der Waals surface area contributed by atoms with Gasteiger partial charge in [0.2, 0.25) is 0 Å². The van der Waals surface area contributed by atoms with Crippen molar-refractivity contribution in [3.63, 3.8) is 0 Å². The monoisotopic (exact) mass is 398 g/mol. The van der Waals surface area contributed by atoms with E-state index in [2.05, 4.69) is 52.5 Å². The molecule has 1 aromatic heterocycles. The van der Waals surface area contributed by atoms with Crippen LogP contribution in [0.4, 0.5) is 11.5 Å². The minimum atomic E-state index is -0.306. The number of aromatic nitrogens is 2. The number of anilines is 2. The molecule has 0 aliphatic heterocycles. The zero-order valence-corrected chi connectivity index (χ0v) is 13.8. The van der Waals surface area contributed by atoms with Crippen molar-refractivity contribution in [1.29, 1.82) is 0 Å². The zero-order valence-electron chi connectivity index (χ0n) is 10.7. The second kappa shape index (κ2) is 6.81. The molecule has 0 radical (unpaired) electrons. The Bertz CT molecular complexity index is 616. The quantitative estimate of drug-likeness (QED) is 0.822. The number of amides is 1. The van der Waals surface area contributed by atoms with E-state index in [0.29, 0.717) is 11.5 Å². The summed E-state index contributed by atoms with van der Waals surface area (Å²) in [6.45, 7) is 2.72. The second-order valence-corrected chi connectivity index (χ2v) is 5.67. The summed E-state index contributed by atoms with van der Waals surface area (Å²) >= 11 is 6.74. The Morgan fingerprint density at radius 3 is 2.70 bits per heavy atom. The van der Waals surface area contributed by atoms with Crippen LogP contribution in [0, 0.1) is 0 Å². The zero-order chi connectivity index (χ0) is 14.5. The molecule has 2 aromatic rings. The van der Waals surface area contributed by atoms with Gasteiger partial charge in [-0.05, 0) is 41.1 Å². The fraction of sp³-hybridized carbons (Fsp3) is 0.154. The molecule has 7 heteroatoms. The average Bonchev–Trinajstić information content (AvgIpc) is 2.44. The summed E-state index contributed by atoms with van der Waals surface area (Å²) < 4.78 is 1.68. The number of benzene rings is 1. The van der Waals surface area contributed by atoms with Crippen molar-refractivity contribution >= 4 is 49.3 Å². The van der Waals surface area contributed by atoms with Crippen LogP contribution in [0.15, 0.2) is 39.5 Å². The Labute approximate surface area is 133 Å². The molecule has 0 aliphatic rings. The molecule has 0 saturated carbocycles. The van der Waals surface area contributed by atoms with Crippen molar-refractivity contribution in [1.82, 2.24) is 9.97 Å². The van der Waals surface area contributed by atoms with Crippen LogP contribution in [0.2, 0.25) is 0 Å². The van der Waals surface area contributed by atoms with Gasteiger partial charge in [0.1, 0.15) is 11.5 Å². The van der Waals surface area contributed by atoms with E-state index in [9.17, 15) is 4.79 Å². The fourth-order valence-electron chi connectivity index (χ4n) is 1.50. The number of hydrogen-bond donors (Lipinski definition) is 2. The van der Waals surface area contributed by atoms with E-state index in [1.165, 1.54) is 12.4 Å². The molecule has 5 nitrogen and oxygen atoms in total. The van der Waals surface area contributed by atoms with Crippen LogP contribution in [0.25, 0.3) is 0 Å². The normalized spacial score (nSPS) is 10.2. The Balaban J connectivity index is 2.13. The highest BCUT2D eigenvalue weighted by Gasteiger charge is 2.10. The Morgan fingerprint density at radius 2 is 2.05 bits per heavy atom. The van der Waals surface area contributed by atoms with Gasteiger partial charge in [-0.2, -0.15) is 0 Å². The van der Waals surface area contributed by atoms with E-state index in [4.69, 9.17) is 0 Å². The molecule has 0 atom stereocenters. The number of hydrogen-bond acceptors (Lipinski definition) is 4. The van der Waals surface area contributed by atoms with Crippen molar-refractivity contribution in [3.05, 3.63) is 45.2 Å². The topological polar surface area (TPSA) is 66.9 Å². The van der Waals surface area contributed by atoms with Crippen LogP contribution in [0.5, 0.6) is 0 Å². The molecule has 0 saturated heterocycles. The molecule has 0 spiro atoms. The molecular weight excluding hydrogens is 388 g/mol. The largest absolute Gasteiger partial charge is 0.369 e. The highest BCUT2D eigenvalue weighted by molar-refractivity contribution is 9.11. The van der Waals surface area contributed by atoms with Crippen LogP contribution in [0.3, 0.4) is 0 Å². The molecule has 1 heterocycles. The van der Waals surface area contributed by atoms with Gasteiger partial charge in [-0.3, -0.25) is 4.79 Å². The summed E-state index contributed by atoms with van der Waals surface area (Å²) in [6, 6.07) is 5.53. The minimum absolute atomic E-state index is 0.263. The standard InChI is InChI=1S/C13H12Br2N4O/c1-2-16-12-7-17-11(6-18-12)13(20)19-10-5-8(14)3-4-9(10)15/h3-7H,2H2,1H3,(H,16,18)(H,19,20). The van der Waals surface area contributed by atoms with Gasteiger partial charge in [0.15, 0.2) is 0 Å². The third kappa shape index (κ3) is 3.77. The van der Waals surface area contributed by atoms with Crippen LogP contribution in [-0.2, 0) is 0 Å². The van der Waals surface area contributed by atoms with E-state index >= 15 is 0 Å². The maximum absolute atomic E-state index is 12.1. The number of rotatable bonds is 4. The summed E-state index contributed by atoms with van der Waals surface area (Å²) in [4.78, 5) is 20.3. The van der Waals surface area contributed by atoms with Crippen molar-refractivity contribution < 1.29 is 4.79 Å². The maximum atomic E-state index is 12.1. The number of nitrogens with one attached hydrogen (secondary N) is 2. The molecule has 1 aromatic carbocycles. The van der Waals surface area contributed by atoms with Gasteiger partial charge in [0, 0.05) is 15.5 Å². The minimum Gasteiger partial charge on any atom is -0.369 e. The molecule has 0 aliphatic carbocycles. The van der Waals surface area contributed by atoms with Crippen molar-refractivity contribution in [3.8, 4) is 0 Å². The third-order valence-corrected chi connectivity index (χ3v) is 3.60. The highest BCUT2D eigenvalue weighted by atomic mass is 79.9. The lowest BCUT2D eigenvalue weighted by atomic mass is 10.3. The molecule has 1 amide bonds. The number of halogens is 2. The lowest BCUT2D eigenvalue weighted by molar-refractivity contribution is 0.102. The Morgan fingerprint density at radius 1 is 1.25 bits per heavy atom. The first-order valence-electron chi connectivity index (χ1n) is 5.92. The molecule has 2 N–H and O–H groups in total. The lowest BCUT2D eigenvalue weighted by Gasteiger charge is -2.08. The second-order valence-electron chi connectivity index (χ2n) is 3.90. The van der Waals surface area contributed by atoms with E-state index in [1.807, 2.05) is 25.1 Å². The van der Waals surface area contributed by atoms with Gasteiger partial charge in [0.05, 0.1) is 18.1 Å². The Kier molecular flexibility index (Phi) is 5.08. The van der Waals surface area contributed by atoms with E-state index in [-0.39, 0.29) is 11.6 Å². The first kappa shape index (κ1) is 14.9. The maximum Gasteiger partial charge on any atom is 0.275 e. The van der Waals surface area contributed by atoms with Gasteiger partial charge >= 0.3 is 0 Å². The summed E-state index contributed by atoms with van der Waals surface area (Å²) in [5.41, 5.74) is 0.931. The summed E-state index contributed by atoms with van der Waals surface area (Å²) in [6.07, 6.45) is 2.98. The van der Waals surface area contributed by atoms with Crippen molar-refractivity contribution in [2.45, 2.75) is 6.92 Å². The third-order valence-electron chi connectivity index (χ3n) is 2.42. The molecular formula is C13H12Br2N4O. The van der Waals surface area contributed by atoms with Gasteiger partial charge < -0.3 is 10.6 Å². The molecule has 0 fully saturated rings.